The Hall–Kier alpha value is -1.86. The fraction of sp³-hybridized carbons (Fsp3) is 0.412. The summed E-state index contributed by atoms with van der Waals surface area (Å²) in [7, 11) is 0. The molecule has 0 bridgehead atoms. The summed E-state index contributed by atoms with van der Waals surface area (Å²) in [6.45, 7) is 2.60. The largest absolute Gasteiger partial charge is 0.290 e. The number of aliphatic imine (C=N–C) groups is 1. The van der Waals surface area contributed by atoms with E-state index in [-0.39, 0.29) is 43.5 Å². The van der Waals surface area contributed by atoms with Gasteiger partial charge in [0.2, 0.25) is 17.7 Å². The second-order valence-corrected chi connectivity index (χ2v) is 7.33. The molecule has 2 heterocycles. The standard InChI is InChI=1S/C17H18ClN3O3S/c1-11-12(18)3-2-4-13(11)19-17-21(9-10-25-17)16(24)7-8-20-14(22)5-6-15(20)23/h2-4H,5-10H2,1H3. The van der Waals surface area contributed by atoms with Crippen molar-refractivity contribution in [2.75, 3.05) is 18.8 Å². The zero-order valence-corrected chi connectivity index (χ0v) is 15.4. The summed E-state index contributed by atoms with van der Waals surface area (Å²) in [5.41, 5.74) is 1.60. The number of hydrogen-bond donors (Lipinski definition) is 0. The molecule has 3 amide bonds. The number of benzene rings is 1. The molecule has 1 aromatic rings. The van der Waals surface area contributed by atoms with Gasteiger partial charge in [-0.15, -0.1) is 0 Å². The van der Waals surface area contributed by atoms with E-state index in [1.807, 2.05) is 19.1 Å². The van der Waals surface area contributed by atoms with Crippen molar-refractivity contribution in [3.8, 4) is 0 Å². The lowest BCUT2D eigenvalue weighted by atomic mass is 10.2. The van der Waals surface area contributed by atoms with Crippen LogP contribution >= 0.6 is 23.4 Å². The summed E-state index contributed by atoms with van der Waals surface area (Å²) in [5, 5.41) is 1.27. The summed E-state index contributed by atoms with van der Waals surface area (Å²) in [5.74, 6) is 0.246. The normalized spacial score (nSPS) is 19.4. The molecule has 3 rings (SSSR count). The predicted octanol–water partition coefficient (Wildman–Crippen LogP) is 2.75. The van der Waals surface area contributed by atoms with Crippen molar-refractivity contribution < 1.29 is 14.4 Å². The van der Waals surface area contributed by atoms with Gasteiger partial charge in [-0.25, -0.2) is 4.99 Å². The van der Waals surface area contributed by atoms with E-state index in [0.717, 1.165) is 17.0 Å². The van der Waals surface area contributed by atoms with E-state index in [1.54, 1.807) is 11.0 Å². The molecule has 0 aromatic heterocycles. The molecule has 0 aliphatic carbocycles. The number of rotatable bonds is 4. The minimum absolute atomic E-state index is 0.117. The average molecular weight is 380 g/mol. The number of thioether (sulfide) groups is 1. The molecule has 2 fully saturated rings. The van der Waals surface area contributed by atoms with Crippen molar-refractivity contribution >= 4 is 51.9 Å². The van der Waals surface area contributed by atoms with Crippen LogP contribution in [0.4, 0.5) is 5.69 Å². The Balaban J connectivity index is 1.69. The second-order valence-electron chi connectivity index (χ2n) is 5.86. The summed E-state index contributed by atoms with van der Waals surface area (Å²) >= 11 is 7.63. The molecule has 2 aliphatic heterocycles. The van der Waals surface area contributed by atoms with Crippen LogP contribution in [0, 0.1) is 6.92 Å². The number of likely N-dealkylation sites (tertiary alicyclic amines) is 1. The minimum atomic E-state index is -0.197. The van der Waals surface area contributed by atoms with E-state index >= 15 is 0 Å². The van der Waals surface area contributed by atoms with Crippen LogP contribution in [-0.4, -0.2) is 51.5 Å². The van der Waals surface area contributed by atoms with Gasteiger partial charge in [0, 0.05) is 43.1 Å². The minimum Gasteiger partial charge on any atom is -0.290 e. The van der Waals surface area contributed by atoms with Gasteiger partial charge in [-0.2, -0.15) is 0 Å². The Morgan fingerprint density at radius 2 is 2.00 bits per heavy atom. The van der Waals surface area contributed by atoms with E-state index in [4.69, 9.17) is 11.6 Å². The molecule has 6 nitrogen and oxygen atoms in total. The SMILES string of the molecule is Cc1c(Cl)cccc1N=C1SCCN1C(=O)CCN1C(=O)CCC1=O. The Labute approximate surface area is 155 Å². The zero-order chi connectivity index (χ0) is 18.0. The Kier molecular flexibility index (Phi) is 5.44. The molecule has 0 N–H and O–H groups in total. The molecule has 0 radical (unpaired) electrons. The van der Waals surface area contributed by atoms with E-state index in [1.165, 1.54) is 16.7 Å². The molecular formula is C17H18ClN3O3S. The third-order valence-corrected chi connectivity index (χ3v) is 5.60. The molecule has 132 valence electrons. The second kappa shape index (κ2) is 7.58. The fourth-order valence-corrected chi connectivity index (χ4v) is 3.90. The van der Waals surface area contributed by atoms with Gasteiger partial charge in [-0.3, -0.25) is 24.2 Å². The summed E-state index contributed by atoms with van der Waals surface area (Å²) in [6, 6.07) is 5.48. The number of amidine groups is 1. The molecule has 0 saturated carbocycles. The first-order valence-corrected chi connectivity index (χ1v) is 9.44. The van der Waals surface area contributed by atoms with Gasteiger partial charge < -0.3 is 0 Å². The molecule has 8 heteroatoms. The van der Waals surface area contributed by atoms with Crippen molar-refractivity contribution in [2.24, 2.45) is 4.99 Å². The van der Waals surface area contributed by atoms with Crippen LogP contribution in [0.5, 0.6) is 0 Å². The van der Waals surface area contributed by atoms with Crippen LogP contribution in [-0.2, 0) is 14.4 Å². The van der Waals surface area contributed by atoms with E-state index in [9.17, 15) is 14.4 Å². The van der Waals surface area contributed by atoms with E-state index < -0.39 is 0 Å². The summed E-state index contributed by atoms with van der Waals surface area (Å²) in [6.07, 6.45) is 0.603. The first-order valence-electron chi connectivity index (χ1n) is 8.07. The fourth-order valence-electron chi connectivity index (χ4n) is 2.76. The third-order valence-electron chi connectivity index (χ3n) is 4.24. The monoisotopic (exact) mass is 379 g/mol. The van der Waals surface area contributed by atoms with Crippen molar-refractivity contribution in [3.63, 3.8) is 0 Å². The van der Waals surface area contributed by atoms with Crippen LogP contribution in [0.3, 0.4) is 0 Å². The van der Waals surface area contributed by atoms with Crippen molar-refractivity contribution in [1.82, 2.24) is 9.80 Å². The van der Waals surface area contributed by atoms with Crippen LogP contribution in [0.15, 0.2) is 23.2 Å². The molecule has 0 unspecified atom stereocenters. The van der Waals surface area contributed by atoms with E-state index in [2.05, 4.69) is 4.99 Å². The third kappa shape index (κ3) is 3.88. The average Bonchev–Trinajstić information content (AvgIpc) is 3.17. The smallest absolute Gasteiger partial charge is 0.230 e. The van der Waals surface area contributed by atoms with Crippen LogP contribution in [0.2, 0.25) is 5.02 Å². The van der Waals surface area contributed by atoms with Gasteiger partial charge in [-0.05, 0) is 24.6 Å². The highest BCUT2D eigenvalue weighted by molar-refractivity contribution is 8.14. The number of carbonyl (C=O) groups excluding carboxylic acids is 3. The van der Waals surface area contributed by atoms with Crippen molar-refractivity contribution in [3.05, 3.63) is 28.8 Å². The number of halogens is 1. The number of hydrogen-bond acceptors (Lipinski definition) is 5. The Morgan fingerprint density at radius 1 is 1.28 bits per heavy atom. The summed E-state index contributed by atoms with van der Waals surface area (Å²) in [4.78, 5) is 43.2. The molecule has 0 spiro atoms. The molecule has 1 aromatic carbocycles. The van der Waals surface area contributed by atoms with Gasteiger partial charge in [0.15, 0.2) is 5.17 Å². The summed E-state index contributed by atoms with van der Waals surface area (Å²) < 4.78 is 0. The topological polar surface area (TPSA) is 70.1 Å². The van der Waals surface area contributed by atoms with E-state index in [0.29, 0.717) is 16.7 Å². The number of imide groups is 1. The maximum absolute atomic E-state index is 12.5. The molecule has 0 atom stereocenters. The maximum Gasteiger partial charge on any atom is 0.230 e. The lowest BCUT2D eigenvalue weighted by Crippen LogP contribution is -2.37. The van der Waals surface area contributed by atoms with Crippen molar-refractivity contribution in [2.45, 2.75) is 26.2 Å². The molecule has 2 saturated heterocycles. The Morgan fingerprint density at radius 3 is 2.72 bits per heavy atom. The van der Waals surface area contributed by atoms with Crippen LogP contribution in [0.1, 0.15) is 24.8 Å². The van der Waals surface area contributed by atoms with Gasteiger partial charge in [-0.1, -0.05) is 29.4 Å². The van der Waals surface area contributed by atoms with Gasteiger partial charge in [0.25, 0.3) is 0 Å². The quantitative estimate of drug-likeness (QED) is 0.754. The number of amides is 3. The predicted molar refractivity (Wildman–Crippen MR) is 98.0 cm³/mol. The van der Waals surface area contributed by atoms with Crippen LogP contribution < -0.4 is 0 Å². The highest BCUT2D eigenvalue weighted by Gasteiger charge is 2.31. The first-order chi connectivity index (χ1) is 12.0. The first kappa shape index (κ1) is 17.9. The van der Waals surface area contributed by atoms with Gasteiger partial charge >= 0.3 is 0 Å². The highest BCUT2D eigenvalue weighted by Crippen LogP contribution is 2.29. The van der Waals surface area contributed by atoms with Gasteiger partial charge in [0.1, 0.15) is 0 Å². The lowest BCUT2D eigenvalue weighted by molar-refractivity contribution is -0.139. The lowest BCUT2D eigenvalue weighted by Gasteiger charge is -2.18. The number of nitrogens with zero attached hydrogens (tertiary/aromatic N) is 3. The van der Waals surface area contributed by atoms with Crippen LogP contribution in [0.25, 0.3) is 0 Å². The molecular weight excluding hydrogens is 362 g/mol. The molecule has 2 aliphatic rings. The maximum atomic E-state index is 12.5. The Bertz CT molecular complexity index is 750. The highest BCUT2D eigenvalue weighted by atomic mass is 35.5. The van der Waals surface area contributed by atoms with Crippen molar-refractivity contribution in [1.29, 1.82) is 0 Å². The number of carbonyl (C=O) groups is 3. The van der Waals surface area contributed by atoms with Gasteiger partial charge in [0.05, 0.1) is 5.69 Å². The molecule has 25 heavy (non-hydrogen) atoms. The zero-order valence-electron chi connectivity index (χ0n) is 13.8.